The van der Waals surface area contributed by atoms with Gasteiger partial charge in [-0.25, -0.2) is 0 Å². The van der Waals surface area contributed by atoms with Crippen molar-refractivity contribution >= 4 is 52.4 Å². The van der Waals surface area contributed by atoms with Gasteiger partial charge in [0.15, 0.2) is 16.6 Å². The molecule has 0 amide bonds. The molecule has 0 spiro atoms. The van der Waals surface area contributed by atoms with Crippen molar-refractivity contribution in [2.45, 2.75) is 110 Å². The molecule has 1 N–H and O–H groups in total. The van der Waals surface area contributed by atoms with Gasteiger partial charge in [0.1, 0.15) is 5.75 Å². The molecule has 0 heterocycles. The molecule has 0 aromatic carbocycles. The summed E-state index contributed by atoms with van der Waals surface area (Å²) >= 11 is 0. The van der Waals surface area contributed by atoms with Crippen molar-refractivity contribution in [2.24, 2.45) is 0 Å². The Hall–Kier alpha value is 0.674. The van der Waals surface area contributed by atoms with Crippen LogP contribution in [0.5, 0.6) is 0 Å². The first kappa shape index (κ1) is 39.7. The summed E-state index contributed by atoms with van der Waals surface area (Å²) in [5, 5.41) is 20.1. The monoisotopic (exact) mass is 667 g/mol. The number of aliphatic hydroxyl groups is 1. The van der Waals surface area contributed by atoms with E-state index in [2.05, 4.69) is 76.7 Å². The fraction of sp³-hybridized carbons (Fsp3) is 1.00. The smallest absolute Gasteiger partial charge is 0.317 e. The molecule has 0 saturated heterocycles. The van der Waals surface area contributed by atoms with Gasteiger partial charge in [-0.2, -0.15) is 8.42 Å². The van der Waals surface area contributed by atoms with Crippen LogP contribution < -0.4 is 5.26 Å². The van der Waals surface area contributed by atoms with Crippen molar-refractivity contribution in [1.82, 2.24) is 0 Å². The van der Waals surface area contributed by atoms with Crippen LogP contribution in [0, 0.1) is 0 Å². The number of hydrogen-bond donors (Lipinski definition) is 1. The van der Waals surface area contributed by atoms with Crippen LogP contribution in [0.1, 0.15) is 26.2 Å². The largest absolute Gasteiger partial charge is 0.707 e. The molecule has 0 bridgehead atoms. The first-order chi connectivity index (χ1) is 17.6. The average molecular weight is 668 g/mol. The van der Waals surface area contributed by atoms with Gasteiger partial charge < -0.3 is 40.6 Å². The van der Waals surface area contributed by atoms with E-state index in [9.17, 15) is 18.8 Å². The van der Waals surface area contributed by atoms with Gasteiger partial charge >= 0.3 is 25.7 Å². The molecule has 17 heteroatoms. The van der Waals surface area contributed by atoms with Gasteiger partial charge in [-0.05, 0) is 96.8 Å². The number of aliphatic hydroxyl groups excluding tert-OH is 1. The van der Waals surface area contributed by atoms with Gasteiger partial charge in [0.25, 0.3) is 10.1 Å². The van der Waals surface area contributed by atoms with E-state index in [0.29, 0.717) is 19.1 Å². The molecule has 0 fully saturated rings. The van der Waals surface area contributed by atoms with Gasteiger partial charge in [-0.3, -0.25) is 0 Å². The first-order valence-corrected chi connectivity index (χ1v) is 30.0. The molecule has 236 valence electrons. The summed E-state index contributed by atoms with van der Waals surface area (Å²) in [7, 11) is -16.1. The van der Waals surface area contributed by atoms with Crippen molar-refractivity contribution in [3.05, 3.63) is 0 Å². The van der Waals surface area contributed by atoms with Crippen LogP contribution in [0.15, 0.2) is 0 Å². The molecule has 3 unspecified atom stereocenters. The van der Waals surface area contributed by atoms with Crippen LogP contribution in [-0.2, 0) is 40.4 Å². The van der Waals surface area contributed by atoms with Crippen LogP contribution in [0.3, 0.4) is 0 Å². The lowest BCUT2D eigenvalue weighted by Gasteiger charge is -2.44. The maximum atomic E-state index is 11.2. The van der Waals surface area contributed by atoms with Crippen LogP contribution >= 0.6 is 0 Å². The van der Waals surface area contributed by atoms with Crippen molar-refractivity contribution in [3.63, 3.8) is 0 Å². The summed E-state index contributed by atoms with van der Waals surface area (Å²) in [5.74, 6) is -0.817. The maximum Gasteiger partial charge on any atom is 0.317 e. The Morgan fingerprint density at radius 3 is 1.67 bits per heavy atom. The summed E-state index contributed by atoms with van der Waals surface area (Å²) in [6.45, 7) is 24.8. The zero-order valence-corrected chi connectivity index (χ0v) is 31.9. The summed E-state index contributed by atoms with van der Waals surface area (Å²) in [4.78, 5) is 0. The summed E-state index contributed by atoms with van der Waals surface area (Å²) in [5.41, 5.74) is 0. The van der Waals surface area contributed by atoms with E-state index in [0.717, 1.165) is 25.5 Å². The summed E-state index contributed by atoms with van der Waals surface area (Å²) in [6, 6.07) is 1.41. The minimum Gasteiger partial charge on any atom is -0.707 e. The van der Waals surface area contributed by atoms with Gasteiger partial charge in [0, 0.05) is 19.8 Å². The molecule has 0 rings (SSSR count). The fourth-order valence-corrected chi connectivity index (χ4v) is 28.7. The molecule has 3 atom stereocenters. The van der Waals surface area contributed by atoms with E-state index in [1.54, 1.807) is 0 Å². The maximum absolute atomic E-state index is 11.2. The third kappa shape index (κ3) is 21.1. The Kier molecular flexibility index (Phi) is 17.4. The predicted octanol–water partition coefficient (Wildman–Crippen LogP) is 3.77. The molecule has 0 aliphatic heterocycles. The van der Waals surface area contributed by atoms with E-state index in [-0.39, 0.29) is 13.2 Å². The second-order valence-electron chi connectivity index (χ2n) is 12.6. The van der Waals surface area contributed by atoms with E-state index in [1.807, 2.05) is 0 Å². The lowest BCUT2D eigenvalue weighted by Crippen LogP contribution is -2.60. The minimum atomic E-state index is -4.31. The minimum absolute atomic E-state index is 0.232. The highest BCUT2D eigenvalue weighted by molar-refractivity contribution is 7.86. The lowest BCUT2D eigenvalue weighted by atomic mass is 10.4. The Morgan fingerprint density at radius 1 is 0.718 bits per heavy atom. The van der Waals surface area contributed by atoms with Crippen molar-refractivity contribution in [3.8, 4) is 0 Å². The standard InChI is InChI=1S/C22H56O11SSi5/c1-12-15-27-16-13-18-38(10,31-36(5,6)7)33-39(11,32-37(8,9)30-35(2,3)4)19-14-17-28-20-22(23)21-34(25,26)29-24/h22-24H,12-21H2,1-11H3/p-1. The molecule has 39 heavy (non-hydrogen) atoms. The van der Waals surface area contributed by atoms with E-state index in [1.165, 1.54) is 0 Å². The highest BCUT2D eigenvalue weighted by Gasteiger charge is 2.48. The molecule has 0 aliphatic rings. The topological polar surface area (TPSA) is 142 Å². The molecular formula is C22H55O11SSi5-. The number of ether oxygens (including phenoxy) is 2. The van der Waals surface area contributed by atoms with E-state index < -0.39 is 64.3 Å². The second-order valence-corrected chi connectivity index (χ2v) is 34.3. The molecular weight excluding hydrogens is 613 g/mol. The van der Waals surface area contributed by atoms with Crippen molar-refractivity contribution in [1.29, 1.82) is 0 Å². The molecule has 0 aromatic rings. The molecule has 0 aromatic heterocycles. The Labute approximate surface area is 242 Å². The SMILES string of the molecule is CCCOCCC[Si](C)(O[Si](C)(C)C)O[Si](C)(CCCOCC(O)CS(=O)(=O)O[O-])O[Si](C)(C)O[Si](C)(C)C. The Bertz CT molecular complexity index is 792. The Balaban J connectivity index is 5.59. The highest BCUT2D eigenvalue weighted by Crippen LogP contribution is 2.31. The van der Waals surface area contributed by atoms with Gasteiger partial charge in [0.05, 0.1) is 12.7 Å². The van der Waals surface area contributed by atoms with Crippen LogP contribution in [0.2, 0.25) is 77.6 Å². The van der Waals surface area contributed by atoms with Gasteiger partial charge in [-0.1, -0.05) is 6.92 Å². The third-order valence-corrected chi connectivity index (χ3v) is 24.2. The number of rotatable bonds is 23. The average Bonchev–Trinajstić information content (AvgIpc) is 2.69. The highest BCUT2D eigenvalue weighted by atomic mass is 32.2. The van der Waals surface area contributed by atoms with E-state index >= 15 is 0 Å². The fourth-order valence-electron chi connectivity index (χ4n) is 4.40. The molecule has 0 radical (unpaired) electrons. The first-order valence-electron chi connectivity index (χ1n) is 13.7. The van der Waals surface area contributed by atoms with Crippen LogP contribution in [0.4, 0.5) is 0 Å². The van der Waals surface area contributed by atoms with Crippen molar-refractivity contribution < 1.29 is 49.0 Å². The van der Waals surface area contributed by atoms with Crippen LogP contribution in [-0.4, -0.2) is 94.1 Å². The van der Waals surface area contributed by atoms with Gasteiger partial charge in [-0.15, -0.1) is 0 Å². The predicted molar refractivity (Wildman–Crippen MR) is 163 cm³/mol. The third-order valence-electron chi connectivity index (χ3n) is 4.97. The summed E-state index contributed by atoms with van der Waals surface area (Å²) in [6.07, 6.45) is 1.05. The zero-order chi connectivity index (χ0) is 30.6. The quantitative estimate of drug-likeness (QED) is 0.0736. The molecule has 0 saturated carbocycles. The van der Waals surface area contributed by atoms with E-state index in [4.69, 9.17) is 25.9 Å². The normalized spacial score (nSPS) is 17.6. The summed E-state index contributed by atoms with van der Waals surface area (Å²) < 4.78 is 63.9. The zero-order valence-electron chi connectivity index (χ0n) is 26.1. The Morgan fingerprint density at radius 2 is 1.21 bits per heavy atom. The molecule has 0 aliphatic carbocycles. The second kappa shape index (κ2) is 17.1. The number of hydrogen-bond acceptors (Lipinski definition) is 11. The van der Waals surface area contributed by atoms with Crippen molar-refractivity contribution in [2.75, 3.05) is 32.2 Å². The van der Waals surface area contributed by atoms with Crippen LogP contribution in [0.25, 0.3) is 0 Å². The lowest BCUT2D eigenvalue weighted by molar-refractivity contribution is -0.635. The van der Waals surface area contributed by atoms with Gasteiger partial charge in [0.2, 0.25) is 0 Å². The molecule has 11 nitrogen and oxygen atoms in total.